The normalized spacial score (nSPS) is 13.4. The Kier molecular flexibility index (Phi) is 10.2. The van der Waals surface area contributed by atoms with Crippen molar-refractivity contribution in [2.24, 2.45) is 11.5 Å². The van der Waals surface area contributed by atoms with Gasteiger partial charge in [-0.25, -0.2) is 0 Å². The zero-order valence-corrected chi connectivity index (χ0v) is 11.5. The Morgan fingerprint density at radius 2 is 2.05 bits per heavy atom. The van der Waals surface area contributed by atoms with Crippen LogP contribution in [0.4, 0.5) is 0 Å². The number of nitrogens with two attached hydrogens (primary N) is 2. The van der Waals surface area contributed by atoms with E-state index in [4.69, 9.17) is 22.0 Å². The molecule has 1 radical (unpaired) electrons. The van der Waals surface area contributed by atoms with Crippen LogP contribution < -0.4 is 22.1 Å². The van der Waals surface area contributed by atoms with Gasteiger partial charge in [-0.3, -0.25) is 15.0 Å². The van der Waals surface area contributed by atoms with Gasteiger partial charge in [-0.2, -0.15) is 0 Å². The molecular formula is C12H24N5O3. The largest absolute Gasteiger partial charge is 0.480 e. The Balaban J connectivity index is 4.02. The van der Waals surface area contributed by atoms with Crippen LogP contribution in [0.2, 0.25) is 0 Å². The van der Waals surface area contributed by atoms with Gasteiger partial charge >= 0.3 is 5.97 Å². The number of carboxylic acids is 1. The van der Waals surface area contributed by atoms with Crippen molar-refractivity contribution in [1.29, 1.82) is 5.41 Å². The third-order valence-corrected chi connectivity index (χ3v) is 2.82. The number of rotatable bonds is 12. The fraction of sp³-hybridized carbons (Fsp3) is 0.750. The molecule has 2 atom stereocenters. The molecule has 0 aromatic carbocycles. The average molecular weight is 286 g/mol. The Morgan fingerprint density at radius 3 is 2.60 bits per heavy atom. The number of aliphatic carboxylic acids is 1. The van der Waals surface area contributed by atoms with E-state index in [0.29, 0.717) is 32.4 Å². The zero-order chi connectivity index (χ0) is 15.4. The lowest BCUT2D eigenvalue weighted by Crippen LogP contribution is -2.44. The molecule has 8 nitrogen and oxygen atoms in total. The standard InChI is InChI=1S/C12H24N5O3/c13-10(11(19)20)5-4-9(8-17-12(14)15)16-6-2-1-3-7-18/h9-10,16H,1-6,8,13H2,(H,19,20)(H4,14,15,17)/t9?,10-/m0/s1. The summed E-state index contributed by atoms with van der Waals surface area (Å²) < 4.78 is 0. The van der Waals surface area contributed by atoms with E-state index in [1.54, 1.807) is 0 Å². The van der Waals surface area contributed by atoms with E-state index in [9.17, 15) is 9.59 Å². The van der Waals surface area contributed by atoms with E-state index in [1.165, 1.54) is 0 Å². The molecule has 0 aromatic heterocycles. The highest BCUT2D eigenvalue weighted by Crippen LogP contribution is 2.01. The van der Waals surface area contributed by atoms with Crippen LogP contribution in [0.15, 0.2) is 0 Å². The molecule has 0 rings (SSSR count). The Morgan fingerprint density at radius 1 is 1.35 bits per heavy atom. The van der Waals surface area contributed by atoms with Crippen molar-refractivity contribution in [3.8, 4) is 0 Å². The first-order chi connectivity index (χ1) is 9.47. The van der Waals surface area contributed by atoms with Gasteiger partial charge in [-0.15, -0.1) is 0 Å². The third kappa shape index (κ3) is 10.3. The molecule has 8 N–H and O–H groups in total. The van der Waals surface area contributed by atoms with Crippen molar-refractivity contribution < 1.29 is 14.7 Å². The van der Waals surface area contributed by atoms with Crippen molar-refractivity contribution >= 4 is 18.2 Å². The van der Waals surface area contributed by atoms with Gasteiger partial charge in [0.1, 0.15) is 6.04 Å². The van der Waals surface area contributed by atoms with Crippen molar-refractivity contribution in [2.75, 3.05) is 13.1 Å². The van der Waals surface area contributed by atoms with E-state index in [2.05, 4.69) is 10.6 Å². The summed E-state index contributed by atoms with van der Waals surface area (Å²) in [6.45, 7) is 1.13. The Labute approximate surface area is 118 Å². The molecule has 20 heavy (non-hydrogen) atoms. The van der Waals surface area contributed by atoms with Gasteiger partial charge in [0.05, 0.1) is 0 Å². The van der Waals surface area contributed by atoms with Gasteiger partial charge in [0, 0.05) is 19.0 Å². The molecule has 0 bridgehead atoms. The first-order valence-corrected chi connectivity index (χ1v) is 6.62. The summed E-state index contributed by atoms with van der Waals surface area (Å²) >= 11 is 0. The van der Waals surface area contributed by atoms with Gasteiger partial charge in [0.15, 0.2) is 12.2 Å². The summed E-state index contributed by atoms with van der Waals surface area (Å²) in [5, 5.41) is 21.8. The number of carboxylic acid groups (broad SMARTS) is 1. The molecule has 0 heterocycles. The topological polar surface area (TPSA) is 154 Å². The summed E-state index contributed by atoms with van der Waals surface area (Å²) in [6, 6.07) is -0.911. The fourth-order valence-electron chi connectivity index (χ4n) is 1.64. The van der Waals surface area contributed by atoms with Gasteiger partial charge in [-0.05, 0) is 32.2 Å². The van der Waals surface area contributed by atoms with Crippen LogP contribution in [0.5, 0.6) is 0 Å². The molecule has 8 heteroatoms. The summed E-state index contributed by atoms with van der Waals surface area (Å²) in [7, 11) is 0. The van der Waals surface area contributed by atoms with Crippen molar-refractivity contribution in [3.05, 3.63) is 0 Å². The monoisotopic (exact) mass is 286 g/mol. The summed E-state index contributed by atoms with van der Waals surface area (Å²) in [4.78, 5) is 20.7. The maximum atomic E-state index is 10.7. The van der Waals surface area contributed by atoms with E-state index in [0.717, 1.165) is 12.8 Å². The number of unbranched alkanes of at least 4 members (excludes halogenated alkanes) is 2. The second-order valence-electron chi connectivity index (χ2n) is 4.57. The van der Waals surface area contributed by atoms with Crippen LogP contribution in [0, 0.1) is 5.41 Å². The predicted molar refractivity (Wildman–Crippen MR) is 76.1 cm³/mol. The highest BCUT2D eigenvalue weighted by Gasteiger charge is 2.15. The number of hydrogen-bond acceptors (Lipinski definition) is 5. The minimum absolute atomic E-state index is 0.0236. The Hall–Kier alpha value is -1.67. The number of guanidine groups is 1. The van der Waals surface area contributed by atoms with E-state index >= 15 is 0 Å². The molecule has 0 fully saturated rings. The second-order valence-corrected chi connectivity index (χ2v) is 4.57. The van der Waals surface area contributed by atoms with Gasteiger partial charge in [0.25, 0.3) is 0 Å². The summed E-state index contributed by atoms with van der Waals surface area (Å²) in [5.74, 6) is -1.15. The lowest BCUT2D eigenvalue weighted by atomic mass is 10.1. The fourth-order valence-corrected chi connectivity index (χ4v) is 1.64. The molecule has 0 aliphatic rings. The first kappa shape index (κ1) is 18.3. The van der Waals surface area contributed by atoms with E-state index < -0.39 is 12.0 Å². The molecule has 0 saturated carbocycles. The van der Waals surface area contributed by atoms with Crippen LogP contribution in [0.25, 0.3) is 0 Å². The highest BCUT2D eigenvalue weighted by molar-refractivity contribution is 5.74. The molecule has 0 spiro atoms. The van der Waals surface area contributed by atoms with Crippen molar-refractivity contribution in [3.63, 3.8) is 0 Å². The van der Waals surface area contributed by atoms with Crippen LogP contribution >= 0.6 is 0 Å². The molecule has 115 valence electrons. The molecule has 0 aliphatic carbocycles. The zero-order valence-electron chi connectivity index (χ0n) is 11.5. The molecule has 0 aliphatic heterocycles. The molecular weight excluding hydrogens is 262 g/mol. The molecule has 0 saturated heterocycles. The van der Waals surface area contributed by atoms with Crippen LogP contribution in [-0.4, -0.2) is 48.5 Å². The second kappa shape index (κ2) is 11.2. The van der Waals surface area contributed by atoms with E-state index in [-0.39, 0.29) is 12.0 Å². The molecule has 1 unspecified atom stereocenters. The maximum Gasteiger partial charge on any atom is 0.320 e. The van der Waals surface area contributed by atoms with Crippen molar-refractivity contribution in [2.45, 2.75) is 44.2 Å². The number of carbonyl (C=O) groups is 1. The lowest BCUT2D eigenvalue weighted by Gasteiger charge is -2.20. The molecule has 0 amide bonds. The Bertz CT molecular complexity index is 311. The lowest BCUT2D eigenvalue weighted by molar-refractivity contribution is -0.138. The van der Waals surface area contributed by atoms with Crippen LogP contribution in [-0.2, 0) is 9.59 Å². The third-order valence-electron chi connectivity index (χ3n) is 2.82. The first-order valence-electron chi connectivity index (χ1n) is 6.62. The summed E-state index contributed by atoms with van der Waals surface area (Å²) in [6.07, 6.45) is 4.75. The predicted octanol–water partition coefficient (Wildman–Crippen LogP) is -1.10. The van der Waals surface area contributed by atoms with E-state index in [1.807, 2.05) is 6.29 Å². The van der Waals surface area contributed by atoms with Gasteiger partial charge in [-0.1, -0.05) is 0 Å². The van der Waals surface area contributed by atoms with Crippen molar-refractivity contribution in [1.82, 2.24) is 10.6 Å². The number of carbonyl (C=O) groups excluding carboxylic acids is 1. The minimum Gasteiger partial charge on any atom is -0.480 e. The highest BCUT2D eigenvalue weighted by atomic mass is 16.4. The summed E-state index contributed by atoms with van der Waals surface area (Å²) in [5.41, 5.74) is 10.7. The average Bonchev–Trinajstić information content (AvgIpc) is 2.39. The SMILES string of the molecule is N=C(N)NCC(CC[C@H](N)C(=O)O)NCCCC[C]=O. The number of nitrogens with one attached hydrogen (secondary N) is 3. The number of hydrogen-bond donors (Lipinski definition) is 6. The minimum atomic E-state index is -1.02. The van der Waals surface area contributed by atoms with Gasteiger partial charge in [0.2, 0.25) is 0 Å². The molecule has 0 aromatic rings. The van der Waals surface area contributed by atoms with Gasteiger partial charge < -0.3 is 27.2 Å². The maximum absolute atomic E-state index is 10.7. The van der Waals surface area contributed by atoms with Crippen LogP contribution in [0.1, 0.15) is 32.1 Å². The van der Waals surface area contributed by atoms with Crippen LogP contribution in [0.3, 0.4) is 0 Å². The smallest absolute Gasteiger partial charge is 0.320 e. The quantitative estimate of drug-likeness (QED) is 0.151.